The third-order valence-corrected chi connectivity index (χ3v) is 4.64. The van der Waals surface area contributed by atoms with Crippen LogP contribution in [0.15, 0.2) is 17.3 Å². The zero-order chi connectivity index (χ0) is 13.6. The summed E-state index contributed by atoms with van der Waals surface area (Å²) in [5.74, 6) is 0.403. The molecule has 0 saturated heterocycles. The first-order valence-electron chi connectivity index (χ1n) is 5.66. The summed E-state index contributed by atoms with van der Waals surface area (Å²) in [6, 6.07) is 1.48. The van der Waals surface area contributed by atoms with Crippen LogP contribution in [-0.4, -0.2) is 54.7 Å². The van der Waals surface area contributed by atoms with Crippen molar-refractivity contribution in [2.45, 2.75) is 11.9 Å². The quantitative estimate of drug-likeness (QED) is 0.523. The minimum absolute atomic E-state index is 0.182. The van der Waals surface area contributed by atoms with Gasteiger partial charge in [-0.1, -0.05) is 6.92 Å². The van der Waals surface area contributed by atoms with Gasteiger partial charge in [-0.05, 0) is 6.07 Å². The highest BCUT2D eigenvalue weighted by molar-refractivity contribution is 7.89. The first-order chi connectivity index (χ1) is 8.54. The highest BCUT2D eigenvalue weighted by Crippen LogP contribution is 2.13. The van der Waals surface area contributed by atoms with Gasteiger partial charge in [0.2, 0.25) is 0 Å². The van der Waals surface area contributed by atoms with E-state index in [0.29, 0.717) is 32.2 Å². The number of likely N-dealkylation sites (N-methyl/N-ethyl adjacent to an activating group) is 1. The molecular formula is C10H18ClN3O3S. The lowest BCUT2D eigenvalue weighted by molar-refractivity contribution is 0.137. The molecule has 6 nitrogen and oxygen atoms in total. The molecule has 0 aliphatic carbocycles. The lowest BCUT2D eigenvalue weighted by Crippen LogP contribution is -2.35. The zero-order valence-electron chi connectivity index (χ0n) is 10.5. The van der Waals surface area contributed by atoms with Crippen LogP contribution in [0.3, 0.4) is 0 Å². The van der Waals surface area contributed by atoms with E-state index in [4.69, 9.17) is 16.3 Å². The molecule has 1 aromatic rings. The van der Waals surface area contributed by atoms with E-state index in [9.17, 15) is 8.42 Å². The number of ether oxygens (including phenoxy) is 1. The number of rotatable bonds is 8. The predicted molar refractivity (Wildman–Crippen MR) is 69.2 cm³/mol. The molecule has 0 fully saturated rings. The summed E-state index contributed by atoms with van der Waals surface area (Å²) in [5.41, 5.74) is 0. The van der Waals surface area contributed by atoms with Crippen molar-refractivity contribution in [1.82, 2.24) is 14.1 Å². The second-order valence-corrected chi connectivity index (χ2v) is 5.85. The van der Waals surface area contributed by atoms with Gasteiger partial charge < -0.3 is 4.74 Å². The van der Waals surface area contributed by atoms with E-state index in [2.05, 4.69) is 5.10 Å². The first kappa shape index (κ1) is 15.4. The van der Waals surface area contributed by atoms with Gasteiger partial charge in [0.15, 0.2) is 5.03 Å². The summed E-state index contributed by atoms with van der Waals surface area (Å²) in [7, 11) is -1.90. The summed E-state index contributed by atoms with van der Waals surface area (Å²) in [6.45, 7) is 3.23. The molecule has 0 aliphatic rings. The Bertz CT molecular complexity index is 461. The molecule has 0 N–H and O–H groups in total. The molecule has 1 rings (SSSR count). The van der Waals surface area contributed by atoms with E-state index in [1.165, 1.54) is 21.3 Å². The van der Waals surface area contributed by atoms with E-state index in [1.54, 1.807) is 14.0 Å². The van der Waals surface area contributed by atoms with E-state index in [-0.39, 0.29) is 5.03 Å². The van der Waals surface area contributed by atoms with Gasteiger partial charge in [0.1, 0.15) is 0 Å². The van der Waals surface area contributed by atoms with Crippen LogP contribution < -0.4 is 0 Å². The molecule has 0 atom stereocenters. The molecule has 0 unspecified atom stereocenters. The van der Waals surface area contributed by atoms with Crippen molar-refractivity contribution >= 4 is 21.6 Å². The maximum Gasteiger partial charge on any atom is 0.260 e. The Balaban J connectivity index is 2.72. The number of aryl methyl sites for hydroxylation is 1. The molecule has 1 aromatic heterocycles. The van der Waals surface area contributed by atoms with Crippen molar-refractivity contribution in [2.24, 2.45) is 7.05 Å². The Morgan fingerprint density at radius 3 is 2.72 bits per heavy atom. The lowest BCUT2D eigenvalue weighted by Gasteiger charge is -2.20. The minimum Gasteiger partial charge on any atom is -0.379 e. The number of nitrogens with zero attached hydrogens (tertiary/aromatic N) is 3. The van der Waals surface area contributed by atoms with Crippen LogP contribution in [0.25, 0.3) is 0 Å². The van der Waals surface area contributed by atoms with E-state index in [0.717, 1.165) is 0 Å². The molecule has 0 amide bonds. The maximum atomic E-state index is 12.3. The minimum atomic E-state index is -3.50. The Kier molecular flexibility index (Phi) is 6.07. The van der Waals surface area contributed by atoms with Crippen LogP contribution in [0.5, 0.6) is 0 Å². The van der Waals surface area contributed by atoms with Gasteiger partial charge in [-0.25, -0.2) is 8.42 Å². The number of alkyl halides is 1. The second-order valence-electron chi connectivity index (χ2n) is 3.59. The molecule has 1 heterocycles. The van der Waals surface area contributed by atoms with Crippen molar-refractivity contribution in [3.8, 4) is 0 Å². The SMILES string of the molecule is CCN(CCOCCCl)S(=O)(=O)c1ccnn1C. The third-order valence-electron chi connectivity index (χ3n) is 2.44. The molecule has 104 valence electrons. The smallest absolute Gasteiger partial charge is 0.260 e. The van der Waals surface area contributed by atoms with Crippen LogP contribution in [0.2, 0.25) is 0 Å². The normalized spacial score (nSPS) is 12.2. The third kappa shape index (κ3) is 3.68. The van der Waals surface area contributed by atoms with Gasteiger partial charge in [-0.2, -0.15) is 9.40 Å². The van der Waals surface area contributed by atoms with Gasteiger partial charge in [0.05, 0.1) is 19.4 Å². The van der Waals surface area contributed by atoms with Crippen LogP contribution in [0.1, 0.15) is 6.92 Å². The summed E-state index contributed by atoms with van der Waals surface area (Å²) in [5, 5.41) is 4.05. The zero-order valence-corrected chi connectivity index (χ0v) is 12.1. The fourth-order valence-corrected chi connectivity index (χ4v) is 3.16. The van der Waals surface area contributed by atoms with Crippen molar-refractivity contribution in [3.63, 3.8) is 0 Å². The van der Waals surface area contributed by atoms with Crippen molar-refractivity contribution < 1.29 is 13.2 Å². The van der Waals surface area contributed by atoms with Crippen LogP contribution in [0, 0.1) is 0 Å². The fourth-order valence-electron chi connectivity index (χ4n) is 1.52. The second kappa shape index (κ2) is 7.08. The van der Waals surface area contributed by atoms with Gasteiger partial charge in [0, 0.05) is 26.0 Å². The van der Waals surface area contributed by atoms with Gasteiger partial charge in [-0.3, -0.25) is 4.68 Å². The molecule has 0 spiro atoms. The molecule has 18 heavy (non-hydrogen) atoms. The lowest BCUT2D eigenvalue weighted by atomic mass is 10.6. The van der Waals surface area contributed by atoms with E-state index in [1.807, 2.05) is 0 Å². The maximum absolute atomic E-state index is 12.3. The molecule has 0 aliphatic heterocycles. The number of hydrogen-bond donors (Lipinski definition) is 0. The van der Waals surface area contributed by atoms with Gasteiger partial charge >= 0.3 is 0 Å². The highest BCUT2D eigenvalue weighted by Gasteiger charge is 2.25. The molecule has 0 radical (unpaired) electrons. The monoisotopic (exact) mass is 295 g/mol. The van der Waals surface area contributed by atoms with Crippen LogP contribution >= 0.6 is 11.6 Å². The number of sulfonamides is 1. The van der Waals surface area contributed by atoms with Crippen molar-refractivity contribution in [2.75, 3.05) is 32.2 Å². The Labute approximate surface area is 113 Å². The van der Waals surface area contributed by atoms with Gasteiger partial charge in [-0.15, -0.1) is 11.6 Å². The standard InChI is InChI=1S/C10H18ClN3O3S/c1-3-14(7-9-17-8-5-11)18(15,16)10-4-6-12-13(10)2/h4,6H,3,5,7-9H2,1-2H3. The fraction of sp³-hybridized carbons (Fsp3) is 0.700. The van der Waals surface area contributed by atoms with E-state index < -0.39 is 10.0 Å². The largest absolute Gasteiger partial charge is 0.379 e. The predicted octanol–water partition coefficient (Wildman–Crippen LogP) is 0.686. The Morgan fingerprint density at radius 1 is 1.50 bits per heavy atom. The van der Waals surface area contributed by atoms with Crippen LogP contribution in [-0.2, 0) is 21.8 Å². The summed E-state index contributed by atoms with van der Waals surface area (Å²) < 4.78 is 32.5. The van der Waals surface area contributed by atoms with E-state index >= 15 is 0 Å². The molecule has 0 saturated carbocycles. The van der Waals surface area contributed by atoms with Crippen LogP contribution in [0.4, 0.5) is 0 Å². The summed E-state index contributed by atoms with van der Waals surface area (Å²) in [6.07, 6.45) is 1.46. The molecule has 0 bridgehead atoms. The first-order valence-corrected chi connectivity index (χ1v) is 7.63. The Hall–Kier alpha value is -0.630. The number of halogens is 1. The molecular weight excluding hydrogens is 278 g/mol. The summed E-state index contributed by atoms with van der Waals surface area (Å²) in [4.78, 5) is 0. The van der Waals surface area contributed by atoms with Gasteiger partial charge in [0.25, 0.3) is 10.0 Å². The average Bonchev–Trinajstić information content (AvgIpc) is 2.76. The Morgan fingerprint density at radius 2 is 2.22 bits per heavy atom. The molecule has 8 heteroatoms. The number of aromatic nitrogens is 2. The number of hydrogen-bond acceptors (Lipinski definition) is 4. The molecule has 0 aromatic carbocycles. The van der Waals surface area contributed by atoms with Crippen molar-refractivity contribution in [1.29, 1.82) is 0 Å². The highest BCUT2D eigenvalue weighted by atomic mass is 35.5. The summed E-state index contributed by atoms with van der Waals surface area (Å²) >= 11 is 5.47. The van der Waals surface area contributed by atoms with Crippen molar-refractivity contribution in [3.05, 3.63) is 12.3 Å². The average molecular weight is 296 g/mol. The topological polar surface area (TPSA) is 64.4 Å².